The van der Waals surface area contributed by atoms with E-state index in [-0.39, 0.29) is 18.1 Å². The Bertz CT molecular complexity index is 441. The fourth-order valence-corrected chi connectivity index (χ4v) is 1.66. The Labute approximate surface area is 115 Å². The zero-order valence-electron chi connectivity index (χ0n) is 12.7. The van der Waals surface area contributed by atoms with E-state index >= 15 is 0 Å². The summed E-state index contributed by atoms with van der Waals surface area (Å²) in [5, 5.41) is 9.29. The second kappa shape index (κ2) is 5.71. The summed E-state index contributed by atoms with van der Waals surface area (Å²) in [7, 11) is 1.91. The lowest BCUT2D eigenvalue weighted by molar-refractivity contribution is 0.269. The number of nitrogens with zero attached hydrogens (tertiary/aromatic N) is 3. The molecule has 0 spiro atoms. The van der Waals surface area contributed by atoms with Gasteiger partial charge in [-0.15, -0.1) is 0 Å². The third kappa shape index (κ3) is 3.33. The van der Waals surface area contributed by atoms with Crippen molar-refractivity contribution in [1.29, 1.82) is 0 Å². The predicted octanol–water partition coefficient (Wildman–Crippen LogP) is 1.19. The summed E-state index contributed by atoms with van der Waals surface area (Å²) in [6.07, 6.45) is 0. The van der Waals surface area contributed by atoms with E-state index in [1.165, 1.54) is 0 Å². The number of nitrogen functional groups attached to an aromatic ring is 1. The average Bonchev–Trinajstić information content (AvgIpc) is 2.35. The van der Waals surface area contributed by atoms with Gasteiger partial charge in [-0.25, -0.2) is 15.8 Å². The van der Waals surface area contributed by atoms with Crippen LogP contribution < -0.4 is 16.2 Å². The van der Waals surface area contributed by atoms with Crippen LogP contribution in [0.2, 0.25) is 0 Å². The van der Waals surface area contributed by atoms with E-state index in [1.807, 2.05) is 25.8 Å². The molecule has 19 heavy (non-hydrogen) atoms. The van der Waals surface area contributed by atoms with Gasteiger partial charge < -0.3 is 15.4 Å². The first-order valence-electron chi connectivity index (χ1n) is 6.41. The minimum absolute atomic E-state index is 0.0213. The molecule has 4 N–H and O–H groups in total. The van der Waals surface area contributed by atoms with E-state index in [9.17, 15) is 5.11 Å². The van der Waals surface area contributed by atoms with Crippen molar-refractivity contribution < 1.29 is 5.11 Å². The molecular weight excluding hydrogens is 242 g/mol. The molecule has 0 fully saturated rings. The molecule has 108 valence electrons. The molecule has 0 aliphatic heterocycles. The molecule has 0 saturated carbocycles. The van der Waals surface area contributed by atoms with Gasteiger partial charge in [-0.05, 0) is 13.8 Å². The SMILES string of the molecule is Cc1c(NN)nc(C(C)(C)C)nc1N(C)C(C)CO. The van der Waals surface area contributed by atoms with Gasteiger partial charge in [-0.3, -0.25) is 0 Å². The van der Waals surface area contributed by atoms with Crippen molar-refractivity contribution in [3.05, 3.63) is 11.4 Å². The highest BCUT2D eigenvalue weighted by Gasteiger charge is 2.23. The van der Waals surface area contributed by atoms with Crippen LogP contribution in [0.5, 0.6) is 0 Å². The highest BCUT2D eigenvalue weighted by Crippen LogP contribution is 2.28. The zero-order valence-corrected chi connectivity index (χ0v) is 12.7. The van der Waals surface area contributed by atoms with Gasteiger partial charge in [0.15, 0.2) is 0 Å². The number of hydrogen-bond acceptors (Lipinski definition) is 6. The van der Waals surface area contributed by atoms with Gasteiger partial charge in [-0.2, -0.15) is 0 Å². The molecule has 1 heterocycles. The number of hydrazine groups is 1. The molecule has 1 rings (SSSR count). The molecule has 0 saturated heterocycles. The van der Waals surface area contributed by atoms with E-state index in [0.717, 1.165) is 17.2 Å². The van der Waals surface area contributed by atoms with Gasteiger partial charge in [-0.1, -0.05) is 20.8 Å². The number of rotatable bonds is 4. The fourth-order valence-electron chi connectivity index (χ4n) is 1.66. The molecule has 6 nitrogen and oxygen atoms in total. The third-order valence-electron chi connectivity index (χ3n) is 3.19. The van der Waals surface area contributed by atoms with Crippen molar-refractivity contribution in [2.75, 3.05) is 24.0 Å². The predicted molar refractivity (Wildman–Crippen MR) is 78.2 cm³/mol. The number of likely N-dealkylation sites (N-methyl/N-ethyl adjacent to an activating group) is 1. The molecule has 0 aliphatic rings. The first-order valence-corrected chi connectivity index (χ1v) is 6.41. The van der Waals surface area contributed by atoms with Crippen LogP contribution in [0.1, 0.15) is 39.1 Å². The number of hydrogen-bond donors (Lipinski definition) is 3. The van der Waals surface area contributed by atoms with Crippen LogP contribution in [0.4, 0.5) is 11.6 Å². The largest absolute Gasteiger partial charge is 0.394 e. The summed E-state index contributed by atoms with van der Waals surface area (Å²) >= 11 is 0. The van der Waals surface area contributed by atoms with Crippen molar-refractivity contribution in [1.82, 2.24) is 9.97 Å². The van der Waals surface area contributed by atoms with Gasteiger partial charge in [0.05, 0.1) is 12.6 Å². The number of aliphatic hydroxyl groups excluding tert-OH is 1. The maximum absolute atomic E-state index is 9.29. The van der Waals surface area contributed by atoms with E-state index in [1.54, 1.807) is 0 Å². The average molecular weight is 267 g/mol. The highest BCUT2D eigenvalue weighted by molar-refractivity contribution is 5.58. The monoisotopic (exact) mass is 267 g/mol. The number of aromatic nitrogens is 2. The lowest BCUT2D eigenvalue weighted by Crippen LogP contribution is -2.34. The Hall–Kier alpha value is -1.40. The summed E-state index contributed by atoms with van der Waals surface area (Å²) in [5.41, 5.74) is 3.32. The minimum atomic E-state index is -0.169. The lowest BCUT2D eigenvalue weighted by Gasteiger charge is -2.28. The molecule has 1 aromatic heterocycles. The quantitative estimate of drug-likeness (QED) is 0.561. The Morgan fingerprint density at radius 2 is 1.95 bits per heavy atom. The van der Waals surface area contributed by atoms with Gasteiger partial charge in [0.2, 0.25) is 0 Å². The third-order valence-corrected chi connectivity index (χ3v) is 3.19. The Morgan fingerprint density at radius 1 is 1.37 bits per heavy atom. The lowest BCUT2D eigenvalue weighted by atomic mass is 9.95. The Balaban J connectivity index is 3.37. The fraction of sp³-hybridized carbons (Fsp3) is 0.692. The number of nitrogens with two attached hydrogens (primary N) is 1. The van der Waals surface area contributed by atoms with Crippen LogP contribution in [0.25, 0.3) is 0 Å². The molecule has 1 atom stereocenters. The summed E-state index contributed by atoms with van der Waals surface area (Å²) in [5.74, 6) is 7.66. The van der Waals surface area contributed by atoms with Gasteiger partial charge >= 0.3 is 0 Å². The van der Waals surface area contributed by atoms with Gasteiger partial charge in [0, 0.05) is 18.0 Å². The molecule has 0 aromatic carbocycles. The summed E-state index contributed by atoms with van der Waals surface area (Å²) in [6, 6.07) is -0.0213. The second-order valence-electron chi connectivity index (χ2n) is 5.88. The van der Waals surface area contributed by atoms with E-state index in [4.69, 9.17) is 5.84 Å². The van der Waals surface area contributed by atoms with Crippen molar-refractivity contribution in [3.8, 4) is 0 Å². The molecule has 1 unspecified atom stereocenters. The highest BCUT2D eigenvalue weighted by atomic mass is 16.3. The molecule has 0 aliphatic carbocycles. The topological polar surface area (TPSA) is 87.3 Å². The normalized spacial score (nSPS) is 13.3. The smallest absolute Gasteiger partial charge is 0.148 e. The number of aliphatic hydroxyl groups is 1. The van der Waals surface area contributed by atoms with Crippen LogP contribution in [0.3, 0.4) is 0 Å². The molecular formula is C13H25N5O. The van der Waals surface area contributed by atoms with Crippen LogP contribution in [-0.4, -0.2) is 34.8 Å². The Kier molecular flexibility index (Phi) is 4.70. The zero-order chi connectivity index (χ0) is 14.8. The van der Waals surface area contributed by atoms with E-state index in [0.29, 0.717) is 5.82 Å². The van der Waals surface area contributed by atoms with Crippen molar-refractivity contribution in [3.63, 3.8) is 0 Å². The minimum Gasteiger partial charge on any atom is -0.394 e. The van der Waals surface area contributed by atoms with Gasteiger partial charge in [0.1, 0.15) is 17.5 Å². The second-order valence-corrected chi connectivity index (χ2v) is 5.88. The molecule has 6 heteroatoms. The summed E-state index contributed by atoms with van der Waals surface area (Å²) in [4.78, 5) is 11.0. The van der Waals surface area contributed by atoms with Crippen LogP contribution in [0, 0.1) is 6.92 Å². The summed E-state index contributed by atoms with van der Waals surface area (Å²) < 4.78 is 0. The van der Waals surface area contributed by atoms with Crippen LogP contribution in [-0.2, 0) is 5.41 Å². The van der Waals surface area contributed by atoms with Crippen molar-refractivity contribution >= 4 is 11.6 Å². The number of nitrogens with one attached hydrogen (secondary N) is 1. The van der Waals surface area contributed by atoms with Gasteiger partial charge in [0.25, 0.3) is 0 Å². The molecule has 1 aromatic rings. The first-order chi connectivity index (χ1) is 8.72. The number of anilines is 2. The first kappa shape index (κ1) is 15.7. The standard InChI is InChI=1S/C13H25N5O/c1-8(7-19)18(6)11-9(2)10(17-14)15-12(16-11)13(3,4)5/h8,19H,7,14H2,1-6H3,(H,15,16,17). The van der Waals surface area contributed by atoms with E-state index in [2.05, 4.69) is 36.2 Å². The summed E-state index contributed by atoms with van der Waals surface area (Å²) in [6.45, 7) is 10.1. The maximum Gasteiger partial charge on any atom is 0.148 e. The maximum atomic E-state index is 9.29. The van der Waals surface area contributed by atoms with Crippen LogP contribution >= 0.6 is 0 Å². The molecule has 0 amide bonds. The van der Waals surface area contributed by atoms with Crippen molar-refractivity contribution in [2.45, 2.75) is 46.1 Å². The molecule has 0 bridgehead atoms. The Morgan fingerprint density at radius 3 is 2.37 bits per heavy atom. The van der Waals surface area contributed by atoms with Crippen molar-refractivity contribution in [2.24, 2.45) is 5.84 Å². The molecule has 0 radical (unpaired) electrons. The van der Waals surface area contributed by atoms with E-state index < -0.39 is 0 Å². The van der Waals surface area contributed by atoms with Crippen LogP contribution in [0.15, 0.2) is 0 Å².